The fourth-order valence-corrected chi connectivity index (χ4v) is 4.01. The number of carbonyl (C=O) groups excluding carboxylic acids is 3. The maximum absolute atomic E-state index is 13.7. The van der Waals surface area contributed by atoms with Gasteiger partial charge in [-0.05, 0) is 74.6 Å². The molecule has 0 saturated carbocycles. The van der Waals surface area contributed by atoms with Crippen LogP contribution in [0, 0.1) is 32.4 Å². The maximum Gasteiger partial charge on any atom is 0.325 e. The van der Waals surface area contributed by atoms with Gasteiger partial charge in [0.15, 0.2) is 17.4 Å². The summed E-state index contributed by atoms with van der Waals surface area (Å²) < 4.78 is 27.0. The largest absolute Gasteiger partial charge is 0.325 e. The number of urea groups is 1. The Morgan fingerprint density at radius 3 is 2.31 bits per heavy atom. The Balaban J connectivity index is 2.01. The van der Waals surface area contributed by atoms with Gasteiger partial charge in [0.2, 0.25) is 0 Å². The van der Waals surface area contributed by atoms with E-state index in [-0.39, 0.29) is 17.9 Å². The molecule has 1 fully saturated rings. The minimum absolute atomic E-state index is 0.0256. The quantitative estimate of drug-likeness (QED) is 0.622. The van der Waals surface area contributed by atoms with Crippen LogP contribution in [-0.4, -0.2) is 22.6 Å². The van der Waals surface area contributed by atoms with Crippen molar-refractivity contribution in [2.24, 2.45) is 0 Å². The van der Waals surface area contributed by atoms with E-state index >= 15 is 0 Å². The lowest BCUT2D eigenvalue weighted by Gasteiger charge is -2.23. The topological polar surface area (TPSA) is 66.5 Å². The summed E-state index contributed by atoms with van der Waals surface area (Å²) in [6, 6.07) is 4.33. The molecule has 3 rings (SSSR count). The van der Waals surface area contributed by atoms with Gasteiger partial charge in [-0.15, -0.1) is 0 Å². The number of benzene rings is 2. The third-order valence-electron chi connectivity index (χ3n) is 5.57. The summed E-state index contributed by atoms with van der Waals surface area (Å²) in [7, 11) is 0. The Hall–Kier alpha value is -3.09. The Labute approximate surface area is 167 Å². The first-order valence-corrected chi connectivity index (χ1v) is 9.17. The molecule has 0 aliphatic carbocycles. The number of imide groups is 1. The van der Waals surface area contributed by atoms with E-state index in [2.05, 4.69) is 5.32 Å². The number of aryl methyl sites for hydroxylation is 2. The predicted molar refractivity (Wildman–Crippen MR) is 103 cm³/mol. The average molecular weight is 400 g/mol. The third kappa shape index (κ3) is 3.30. The van der Waals surface area contributed by atoms with E-state index in [1.807, 2.05) is 19.9 Å². The number of nitrogens with zero attached hydrogens (tertiary/aromatic N) is 1. The molecule has 0 aromatic heterocycles. The van der Waals surface area contributed by atoms with Gasteiger partial charge in [0.1, 0.15) is 5.54 Å². The molecule has 2 aromatic rings. The molecule has 0 radical (unpaired) electrons. The summed E-state index contributed by atoms with van der Waals surface area (Å²) in [5.41, 5.74) is 2.32. The van der Waals surface area contributed by atoms with E-state index in [0.29, 0.717) is 11.1 Å². The van der Waals surface area contributed by atoms with Crippen LogP contribution in [0.25, 0.3) is 0 Å². The summed E-state index contributed by atoms with van der Waals surface area (Å²) >= 11 is 0. The molecule has 1 heterocycles. The lowest BCUT2D eigenvalue weighted by molar-refractivity contribution is -0.131. The van der Waals surface area contributed by atoms with Gasteiger partial charge in [0, 0.05) is 5.56 Å². The zero-order chi connectivity index (χ0) is 21.7. The molecule has 1 aliphatic rings. The lowest BCUT2D eigenvalue weighted by atomic mass is 9.90. The van der Waals surface area contributed by atoms with Crippen LogP contribution < -0.4 is 5.32 Å². The van der Waals surface area contributed by atoms with Crippen molar-refractivity contribution in [3.05, 3.63) is 69.3 Å². The van der Waals surface area contributed by atoms with Crippen molar-refractivity contribution in [2.75, 3.05) is 0 Å². The molecule has 0 spiro atoms. The lowest BCUT2D eigenvalue weighted by Crippen LogP contribution is -2.41. The van der Waals surface area contributed by atoms with Gasteiger partial charge >= 0.3 is 6.03 Å². The highest BCUT2D eigenvalue weighted by Crippen LogP contribution is 2.32. The van der Waals surface area contributed by atoms with Gasteiger partial charge in [-0.3, -0.25) is 14.5 Å². The van der Waals surface area contributed by atoms with Crippen LogP contribution in [0.5, 0.6) is 0 Å². The van der Waals surface area contributed by atoms with E-state index in [4.69, 9.17) is 0 Å². The SMILES string of the molecule is CC(=O)c1c(C)cc(C)c(CN2C(=O)NC(C)(c3ccc(F)c(F)c3)C2=O)c1C. The van der Waals surface area contributed by atoms with Crippen LogP contribution in [0.3, 0.4) is 0 Å². The van der Waals surface area contributed by atoms with E-state index in [1.54, 1.807) is 6.92 Å². The van der Waals surface area contributed by atoms with Crippen LogP contribution in [-0.2, 0) is 16.9 Å². The fraction of sp³-hybridized carbons (Fsp3) is 0.318. The van der Waals surface area contributed by atoms with Crippen molar-refractivity contribution in [1.29, 1.82) is 0 Å². The van der Waals surface area contributed by atoms with Crippen molar-refractivity contribution in [3.8, 4) is 0 Å². The molecule has 5 nitrogen and oxygen atoms in total. The van der Waals surface area contributed by atoms with Crippen molar-refractivity contribution in [3.63, 3.8) is 0 Å². The van der Waals surface area contributed by atoms with Gasteiger partial charge < -0.3 is 5.32 Å². The van der Waals surface area contributed by atoms with Crippen LogP contribution in [0.4, 0.5) is 13.6 Å². The highest BCUT2D eigenvalue weighted by molar-refractivity contribution is 6.07. The summed E-state index contributed by atoms with van der Waals surface area (Å²) in [6.45, 7) is 8.39. The summed E-state index contributed by atoms with van der Waals surface area (Å²) in [4.78, 5) is 38.8. The Kier molecular flexibility index (Phi) is 5.03. The molecular formula is C22H22F2N2O3. The molecule has 2 aromatic carbocycles. The third-order valence-corrected chi connectivity index (χ3v) is 5.57. The molecule has 3 amide bonds. The Bertz CT molecular complexity index is 1060. The molecule has 1 N–H and O–H groups in total. The first-order valence-electron chi connectivity index (χ1n) is 9.17. The number of carbonyl (C=O) groups is 3. The number of hydrogen-bond acceptors (Lipinski definition) is 3. The molecule has 1 unspecified atom stereocenters. The molecule has 1 aliphatic heterocycles. The Morgan fingerprint density at radius 1 is 1.07 bits per heavy atom. The van der Waals surface area contributed by atoms with Crippen molar-refractivity contribution >= 4 is 17.7 Å². The molecule has 152 valence electrons. The van der Waals surface area contributed by atoms with Gasteiger partial charge in [-0.25, -0.2) is 13.6 Å². The van der Waals surface area contributed by atoms with Crippen LogP contribution >= 0.6 is 0 Å². The zero-order valence-electron chi connectivity index (χ0n) is 16.9. The highest BCUT2D eigenvalue weighted by atomic mass is 19.2. The summed E-state index contributed by atoms with van der Waals surface area (Å²) in [5, 5.41) is 2.58. The van der Waals surface area contributed by atoms with Gasteiger partial charge in [-0.1, -0.05) is 12.1 Å². The predicted octanol–water partition coefficient (Wildman–Crippen LogP) is 4.06. The van der Waals surface area contributed by atoms with E-state index in [0.717, 1.165) is 33.7 Å². The fourth-order valence-electron chi connectivity index (χ4n) is 4.01. The van der Waals surface area contributed by atoms with Crippen molar-refractivity contribution in [1.82, 2.24) is 10.2 Å². The first kappa shape index (κ1) is 20.6. The van der Waals surface area contributed by atoms with Gasteiger partial charge in [0.05, 0.1) is 6.54 Å². The van der Waals surface area contributed by atoms with Crippen LogP contribution in [0.2, 0.25) is 0 Å². The number of hydrogen-bond donors (Lipinski definition) is 1. The second-order valence-electron chi connectivity index (χ2n) is 7.62. The number of Topliss-reactive ketones (excluding diaryl/α,β-unsaturated/α-hetero) is 1. The normalized spacial score (nSPS) is 18.9. The van der Waals surface area contributed by atoms with Crippen LogP contribution in [0.1, 0.15) is 52.0 Å². The molecule has 29 heavy (non-hydrogen) atoms. The minimum atomic E-state index is -1.51. The van der Waals surface area contributed by atoms with Gasteiger partial charge in [0.25, 0.3) is 5.91 Å². The smallest absolute Gasteiger partial charge is 0.319 e. The Morgan fingerprint density at radius 2 is 1.72 bits per heavy atom. The standard InChI is InChI=1S/C22H22F2N2O3/c1-11-8-12(2)19(14(4)27)13(3)16(11)10-26-20(28)22(5,25-21(26)29)15-6-7-17(23)18(24)9-15/h6-9H,10H2,1-5H3,(H,25,29). The van der Waals surface area contributed by atoms with Crippen molar-refractivity contribution < 1.29 is 23.2 Å². The molecule has 1 atom stereocenters. The molecule has 1 saturated heterocycles. The van der Waals surface area contributed by atoms with Gasteiger partial charge in [-0.2, -0.15) is 0 Å². The first-order chi connectivity index (χ1) is 13.5. The van der Waals surface area contributed by atoms with E-state index < -0.39 is 29.1 Å². The van der Waals surface area contributed by atoms with Crippen LogP contribution in [0.15, 0.2) is 24.3 Å². The average Bonchev–Trinajstić information content (AvgIpc) is 2.83. The number of amides is 3. The van der Waals surface area contributed by atoms with E-state index in [1.165, 1.54) is 19.9 Å². The molecule has 0 bridgehead atoms. The number of halogens is 2. The second-order valence-corrected chi connectivity index (χ2v) is 7.62. The molecular weight excluding hydrogens is 378 g/mol. The molecule has 7 heteroatoms. The van der Waals surface area contributed by atoms with Crippen molar-refractivity contribution in [2.45, 2.75) is 46.7 Å². The van der Waals surface area contributed by atoms with E-state index in [9.17, 15) is 23.2 Å². The highest BCUT2D eigenvalue weighted by Gasteiger charge is 2.49. The zero-order valence-corrected chi connectivity index (χ0v) is 16.9. The number of nitrogens with one attached hydrogen (secondary N) is 1. The number of rotatable bonds is 4. The summed E-state index contributed by atoms with van der Waals surface area (Å²) in [5.74, 6) is -2.79. The summed E-state index contributed by atoms with van der Waals surface area (Å²) in [6.07, 6.45) is 0. The maximum atomic E-state index is 13.7. The second kappa shape index (κ2) is 7.06. The monoisotopic (exact) mass is 400 g/mol. The minimum Gasteiger partial charge on any atom is -0.319 e. The number of ketones is 1.